The number of nitrogens with zero attached hydrogens (tertiary/aromatic N) is 3. The van der Waals surface area contributed by atoms with E-state index in [1.165, 1.54) is 28.4 Å². The summed E-state index contributed by atoms with van der Waals surface area (Å²) in [5.74, 6) is -5.79. The molecule has 3 aliphatic rings. The van der Waals surface area contributed by atoms with Gasteiger partial charge in [0, 0.05) is 41.8 Å². The van der Waals surface area contributed by atoms with E-state index in [2.05, 4.69) is 15.3 Å². The van der Waals surface area contributed by atoms with Crippen LogP contribution in [-0.4, -0.2) is 75.1 Å². The first-order chi connectivity index (χ1) is 18.4. The largest absolute Gasteiger partial charge is 0.481 e. The smallest absolute Gasteiger partial charge is 0.338 e. The molecule has 39 heavy (non-hydrogen) atoms. The molecule has 14 heteroatoms. The van der Waals surface area contributed by atoms with E-state index in [1.54, 1.807) is 11.6 Å². The molecule has 2 fully saturated rings. The molecule has 1 aromatic carbocycles. The quantitative estimate of drug-likeness (QED) is 0.422. The van der Waals surface area contributed by atoms with Crippen molar-refractivity contribution in [1.29, 1.82) is 0 Å². The minimum atomic E-state index is -3.20. The third kappa shape index (κ3) is 5.15. The molecule has 1 aromatic heterocycles. The van der Waals surface area contributed by atoms with Crippen molar-refractivity contribution in [3.63, 3.8) is 0 Å². The number of aromatic nitrogens is 1. The summed E-state index contributed by atoms with van der Waals surface area (Å²) in [6.07, 6.45) is -0.330. The number of fused-ring (bicyclic) bond motifs is 2. The van der Waals surface area contributed by atoms with Gasteiger partial charge in [0.15, 0.2) is 10.8 Å². The van der Waals surface area contributed by atoms with Crippen LogP contribution in [0.15, 0.2) is 46.0 Å². The average molecular weight is 585 g/mol. The van der Waals surface area contributed by atoms with E-state index in [1.807, 2.05) is 0 Å². The second kappa shape index (κ2) is 10.2. The van der Waals surface area contributed by atoms with Crippen molar-refractivity contribution in [2.75, 3.05) is 13.7 Å². The lowest BCUT2D eigenvalue weighted by molar-refractivity contribution is -0.148. The molecule has 0 radical (unpaired) electrons. The fraction of sp³-hybridized carbons (Fsp3) is 0.440. The van der Waals surface area contributed by atoms with Crippen molar-refractivity contribution < 1.29 is 37.7 Å². The molecule has 5 rings (SSSR count). The van der Waals surface area contributed by atoms with E-state index in [4.69, 9.17) is 16.3 Å². The Balaban J connectivity index is 1.59. The summed E-state index contributed by atoms with van der Waals surface area (Å²) in [6, 6.07) is 0.604. The topological polar surface area (TPSA) is 124 Å². The van der Waals surface area contributed by atoms with Gasteiger partial charge >= 0.3 is 11.9 Å². The van der Waals surface area contributed by atoms with Crippen LogP contribution in [0.25, 0.3) is 0 Å². The lowest BCUT2D eigenvalue weighted by atomic mass is 9.83. The van der Waals surface area contributed by atoms with Crippen LogP contribution < -0.4 is 5.32 Å². The molecule has 208 valence electrons. The SMILES string of the molecule is COC(=O)C1=C(CN2C3CC(O)(CC(=O)O)CC2C(F)(F)C3)NC(c2nccs2)=NC1c1cccc(F)c1Cl. The number of halogens is 4. The second-order valence-electron chi connectivity index (χ2n) is 9.88. The molecule has 3 aliphatic heterocycles. The third-order valence-electron chi connectivity index (χ3n) is 7.32. The Kier molecular flexibility index (Phi) is 7.20. The molecule has 0 saturated carbocycles. The molecule has 2 bridgehead atoms. The number of methoxy groups -OCH3 is 1. The van der Waals surface area contributed by atoms with Crippen LogP contribution in [0.1, 0.15) is 42.3 Å². The summed E-state index contributed by atoms with van der Waals surface area (Å²) in [5, 5.41) is 25.0. The summed E-state index contributed by atoms with van der Waals surface area (Å²) in [6.45, 7) is -0.202. The molecule has 0 aliphatic carbocycles. The molecule has 2 saturated heterocycles. The monoisotopic (exact) mass is 584 g/mol. The van der Waals surface area contributed by atoms with Gasteiger partial charge in [-0.05, 0) is 18.9 Å². The van der Waals surface area contributed by atoms with Crippen molar-refractivity contribution >= 4 is 40.7 Å². The number of hydrogen-bond acceptors (Lipinski definition) is 9. The van der Waals surface area contributed by atoms with Crippen LogP contribution >= 0.6 is 22.9 Å². The number of benzene rings is 1. The fourth-order valence-electron chi connectivity index (χ4n) is 5.73. The number of nitrogens with one attached hydrogen (secondary N) is 1. The number of carbonyl (C=O) groups excluding carboxylic acids is 1. The highest BCUT2D eigenvalue weighted by Gasteiger charge is 2.61. The maximum absolute atomic E-state index is 15.1. The molecule has 0 amide bonds. The summed E-state index contributed by atoms with van der Waals surface area (Å²) < 4.78 is 49.7. The summed E-state index contributed by atoms with van der Waals surface area (Å²) in [4.78, 5) is 34.7. The zero-order chi connectivity index (χ0) is 28.1. The Morgan fingerprint density at radius 3 is 2.72 bits per heavy atom. The van der Waals surface area contributed by atoms with E-state index in [0.717, 1.165) is 13.2 Å². The number of aliphatic carboxylic acids is 1. The summed E-state index contributed by atoms with van der Waals surface area (Å²) >= 11 is 7.52. The van der Waals surface area contributed by atoms with Crippen molar-refractivity contribution in [3.05, 3.63) is 62.5 Å². The van der Waals surface area contributed by atoms with Gasteiger partial charge < -0.3 is 20.3 Å². The Hall–Kier alpha value is -3.00. The summed E-state index contributed by atoms with van der Waals surface area (Å²) in [7, 11) is 1.15. The van der Waals surface area contributed by atoms with E-state index in [-0.39, 0.29) is 40.7 Å². The highest BCUT2D eigenvalue weighted by atomic mass is 35.5. The lowest BCUT2D eigenvalue weighted by Gasteiger charge is -2.44. The molecule has 4 unspecified atom stereocenters. The molecular formula is C25H24ClF3N4O5S. The Bertz CT molecular complexity index is 1370. The predicted molar refractivity (Wildman–Crippen MR) is 135 cm³/mol. The van der Waals surface area contributed by atoms with Gasteiger partial charge in [-0.15, -0.1) is 11.3 Å². The van der Waals surface area contributed by atoms with Crippen molar-refractivity contribution in [3.8, 4) is 0 Å². The number of aliphatic imine (C=N–C) groups is 1. The Labute approximate surface area is 230 Å². The maximum Gasteiger partial charge on any atom is 0.338 e. The number of carbonyl (C=O) groups is 2. The lowest BCUT2D eigenvalue weighted by Crippen LogP contribution is -2.55. The number of alkyl halides is 2. The highest BCUT2D eigenvalue weighted by molar-refractivity contribution is 7.11. The first-order valence-electron chi connectivity index (χ1n) is 12.0. The zero-order valence-electron chi connectivity index (χ0n) is 20.5. The fourth-order valence-corrected chi connectivity index (χ4v) is 6.54. The number of hydrogen-bond donors (Lipinski definition) is 3. The molecule has 4 heterocycles. The highest BCUT2D eigenvalue weighted by Crippen LogP contribution is 2.50. The van der Waals surface area contributed by atoms with Crippen molar-refractivity contribution in [1.82, 2.24) is 15.2 Å². The molecule has 9 nitrogen and oxygen atoms in total. The van der Waals surface area contributed by atoms with Gasteiger partial charge in [-0.3, -0.25) is 14.7 Å². The van der Waals surface area contributed by atoms with Gasteiger partial charge in [0.1, 0.15) is 11.9 Å². The van der Waals surface area contributed by atoms with Crippen LogP contribution in [-0.2, 0) is 14.3 Å². The molecular weight excluding hydrogens is 561 g/mol. The second-order valence-corrected chi connectivity index (χ2v) is 11.2. The van der Waals surface area contributed by atoms with Crippen LogP contribution in [0.3, 0.4) is 0 Å². The van der Waals surface area contributed by atoms with Gasteiger partial charge in [0.25, 0.3) is 5.92 Å². The average Bonchev–Trinajstić information content (AvgIpc) is 3.45. The number of carboxylic acids is 1. The minimum Gasteiger partial charge on any atom is -0.481 e. The van der Waals surface area contributed by atoms with E-state index in [0.29, 0.717) is 5.01 Å². The van der Waals surface area contributed by atoms with Crippen LogP contribution in [0, 0.1) is 5.82 Å². The first kappa shape index (κ1) is 27.6. The number of thiazole rings is 1. The Morgan fingerprint density at radius 2 is 2.08 bits per heavy atom. The zero-order valence-corrected chi connectivity index (χ0v) is 22.1. The van der Waals surface area contributed by atoms with Crippen molar-refractivity contribution in [2.24, 2.45) is 4.99 Å². The van der Waals surface area contributed by atoms with Gasteiger partial charge in [-0.2, -0.15) is 0 Å². The standard InChI is InChI=1S/C25H24ClF3N4O5S/c1-38-23(36)18-15(11-33-12-7-24(37,10-17(34)35)9-16(33)25(28,29)8-12)31-21(22-30-5-6-39-22)32-20(18)13-3-2-4-14(27)19(13)26/h2-6,12,16,20,37H,7-11H2,1H3,(H,31,32)(H,34,35). The predicted octanol–water partition coefficient (Wildman–Crippen LogP) is 3.53. The van der Waals surface area contributed by atoms with Gasteiger partial charge in [-0.25, -0.2) is 22.9 Å². The molecule has 4 atom stereocenters. The minimum absolute atomic E-state index is 0.0422. The number of carboxylic acid groups (broad SMARTS) is 1. The van der Waals surface area contributed by atoms with Crippen molar-refractivity contribution in [2.45, 2.75) is 55.3 Å². The maximum atomic E-state index is 15.1. The molecule has 3 N–H and O–H groups in total. The number of aliphatic hydroxyl groups is 1. The number of piperidine rings is 1. The van der Waals surface area contributed by atoms with Gasteiger partial charge in [-0.1, -0.05) is 23.7 Å². The van der Waals surface area contributed by atoms with Gasteiger partial charge in [0.05, 0.1) is 35.8 Å². The first-order valence-corrected chi connectivity index (χ1v) is 13.3. The number of amidine groups is 1. The Morgan fingerprint density at radius 1 is 1.31 bits per heavy atom. The number of ether oxygens (including phenoxy) is 1. The summed E-state index contributed by atoms with van der Waals surface area (Å²) in [5.41, 5.74) is -1.47. The van der Waals surface area contributed by atoms with Crippen LogP contribution in [0.2, 0.25) is 5.02 Å². The van der Waals surface area contributed by atoms with E-state index < -0.39 is 66.7 Å². The van der Waals surface area contributed by atoms with Crippen LogP contribution in [0.5, 0.6) is 0 Å². The van der Waals surface area contributed by atoms with Crippen LogP contribution in [0.4, 0.5) is 13.2 Å². The van der Waals surface area contributed by atoms with Gasteiger partial charge in [0.2, 0.25) is 0 Å². The number of esters is 1. The van der Waals surface area contributed by atoms with E-state index >= 15 is 8.78 Å². The van der Waals surface area contributed by atoms with E-state index in [9.17, 15) is 24.2 Å². The molecule has 0 spiro atoms. The molecule has 2 aromatic rings. The third-order valence-corrected chi connectivity index (χ3v) is 8.50. The number of rotatable bonds is 7. The normalized spacial score (nSPS) is 28.2.